The predicted octanol–water partition coefficient (Wildman–Crippen LogP) is 1.33. The molecule has 2 N–H and O–H groups in total. The molecular weight excluding hydrogens is 513 g/mol. The van der Waals surface area contributed by atoms with Crippen molar-refractivity contribution in [2.45, 2.75) is 32.5 Å². The molecule has 0 bridgehead atoms. The van der Waals surface area contributed by atoms with Gasteiger partial charge in [-0.25, -0.2) is 4.98 Å². The Labute approximate surface area is 206 Å². The Hall–Kier alpha value is -2.76. The number of hydrogen-bond donors (Lipinski definition) is 1. The molecule has 0 radical (unpaired) electrons. The number of nitriles is 1. The summed E-state index contributed by atoms with van der Waals surface area (Å²) in [6.07, 6.45) is 3.36. The number of nitrogens with one attached hydrogen (secondary N) is 2. The second kappa shape index (κ2) is 12.9. The van der Waals surface area contributed by atoms with Gasteiger partial charge in [-0.05, 0) is 35.1 Å². The molecule has 0 saturated carbocycles. The van der Waals surface area contributed by atoms with E-state index >= 15 is 0 Å². The van der Waals surface area contributed by atoms with E-state index in [1.807, 2.05) is 67.0 Å². The van der Waals surface area contributed by atoms with Crippen LogP contribution in [0.5, 0.6) is 0 Å². The fraction of sp³-hybridized carbons (Fsp3) is 0.269. The molecule has 0 saturated heterocycles. The van der Waals surface area contributed by atoms with Gasteiger partial charge in [0, 0.05) is 11.6 Å². The fourth-order valence-corrected chi connectivity index (χ4v) is 3.46. The van der Waals surface area contributed by atoms with Crippen LogP contribution >= 0.6 is 0 Å². The first-order valence-corrected chi connectivity index (χ1v) is 10.5. The predicted molar refractivity (Wildman–Crippen MR) is 120 cm³/mol. The minimum atomic E-state index is -0.651. The monoisotopic (exact) mass is 541 g/mol. The standard InChI is InChI=1S/C26H27N3O2.HI/c1-19(2)17-24(26(30)29-16-14-27)31-25(21-7-4-3-5-8-21)22-12-10-20(11-13-22)23-9-6-15-28-18-23;/h3-13,15,18-19,24-25H,16-17H2,1-2H3,(H,29,30);1H/t24-,25+;/m0./s1. The average molecular weight is 541 g/mol. The van der Waals surface area contributed by atoms with E-state index in [4.69, 9.17) is 10.00 Å². The van der Waals surface area contributed by atoms with Gasteiger partial charge in [0.15, 0.2) is 12.4 Å². The van der Waals surface area contributed by atoms with Crippen LogP contribution in [-0.2, 0) is 9.53 Å². The third-order valence-electron chi connectivity index (χ3n) is 4.98. The van der Waals surface area contributed by atoms with Gasteiger partial charge in [-0.2, -0.15) is 5.26 Å². The summed E-state index contributed by atoms with van der Waals surface area (Å²) in [6, 6.07) is 24.1. The van der Waals surface area contributed by atoms with E-state index in [0.717, 1.165) is 22.3 Å². The average Bonchev–Trinajstić information content (AvgIpc) is 2.81. The molecule has 3 rings (SSSR count). The summed E-state index contributed by atoms with van der Waals surface area (Å²) in [5.41, 5.74) is 4.14. The number of halogens is 1. The van der Waals surface area contributed by atoms with E-state index in [-0.39, 0.29) is 42.3 Å². The molecule has 1 heterocycles. The number of carbonyl (C=O) groups is 1. The molecule has 32 heavy (non-hydrogen) atoms. The molecule has 2 aromatic carbocycles. The van der Waals surface area contributed by atoms with Crippen molar-refractivity contribution in [3.8, 4) is 17.2 Å². The van der Waals surface area contributed by atoms with Crippen LogP contribution in [0, 0.1) is 17.2 Å². The minimum Gasteiger partial charge on any atom is -1.00 e. The Balaban J connectivity index is 0.00000363. The van der Waals surface area contributed by atoms with Crippen molar-refractivity contribution >= 4 is 5.91 Å². The van der Waals surface area contributed by atoms with Gasteiger partial charge in [-0.3, -0.25) is 4.79 Å². The summed E-state index contributed by atoms with van der Waals surface area (Å²) in [4.78, 5) is 15.8. The lowest BCUT2D eigenvalue weighted by molar-refractivity contribution is -0.377. The lowest BCUT2D eigenvalue weighted by Gasteiger charge is -2.26. The third-order valence-corrected chi connectivity index (χ3v) is 4.98. The number of H-pyrrole nitrogens is 1. The van der Waals surface area contributed by atoms with E-state index in [9.17, 15) is 4.79 Å². The van der Waals surface area contributed by atoms with Crippen LogP contribution in [0.15, 0.2) is 79.1 Å². The van der Waals surface area contributed by atoms with E-state index in [1.165, 1.54) is 0 Å². The maximum absolute atomic E-state index is 12.7. The van der Waals surface area contributed by atoms with Crippen LogP contribution in [-0.4, -0.2) is 18.6 Å². The SMILES string of the molecule is CC(C)C[C@H](O[C@H](c1ccccc1)c1ccc(-c2ccc[nH+]c2)cc1)C(=O)NCC#N.[I-]. The summed E-state index contributed by atoms with van der Waals surface area (Å²) >= 11 is 0. The van der Waals surface area contributed by atoms with Gasteiger partial charge >= 0.3 is 0 Å². The highest BCUT2D eigenvalue weighted by atomic mass is 127. The molecular formula is C26H28IN3O2. The van der Waals surface area contributed by atoms with E-state index in [2.05, 4.69) is 42.3 Å². The number of benzene rings is 2. The smallest absolute Gasteiger partial charge is 0.250 e. The van der Waals surface area contributed by atoms with Crippen molar-refractivity contribution in [3.63, 3.8) is 0 Å². The quantitative estimate of drug-likeness (QED) is 0.328. The number of ether oxygens (including phenoxy) is 1. The fourth-order valence-electron chi connectivity index (χ4n) is 3.46. The molecule has 166 valence electrons. The lowest BCUT2D eigenvalue weighted by Crippen LogP contribution is -3.00. The van der Waals surface area contributed by atoms with E-state index < -0.39 is 12.2 Å². The van der Waals surface area contributed by atoms with Crippen molar-refractivity contribution in [1.29, 1.82) is 5.26 Å². The number of carbonyl (C=O) groups excluding carboxylic acids is 1. The molecule has 1 aromatic heterocycles. The highest BCUT2D eigenvalue weighted by molar-refractivity contribution is 5.81. The highest BCUT2D eigenvalue weighted by Gasteiger charge is 2.26. The number of hydrogen-bond acceptors (Lipinski definition) is 3. The minimum absolute atomic E-state index is 0. The summed E-state index contributed by atoms with van der Waals surface area (Å²) < 4.78 is 6.41. The second-order valence-electron chi connectivity index (χ2n) is 7.84. The summed E-state index contributed by atoms with van der Waals surface area (Å²) in [6.45, 7) is 4.07. The van der Waals surface area contributed by atoms with Crippen molar-refractivity contribution < 1.29 is 38.5 Å². The lowest BCUT2D eigenvalue weighted by atomic mass is 9.97. The van der Waals surface area contributed by atoms with Gasteiger partial charge < -0.3 is 34.0 Å². The largest absolute Gasteiger partial charge is 1.00 e. The Kier molecular flexibility index (Phi) is 10.3. The Morgan fingerprint density at radius 2 is 1.69 bits per heavy atom. The van der Waals surface area contributed by atoms with Gasteiger partial charge in [0.1, 0.15) is 18.8 Å². The van der Waals surface area contributed by atoms with Gasteiger partial charge in [0.2, 0.25) is 5.91 Å². The van der Waals surface area contributed by atoms with Gasteiger partial charge in [-0.15, -0.1) is 0 Å². The Morgan fingerprint density at radius 1 is 1.00 bits per heavy atom. The molecule has 5 nitrogen and oxygen atoms in total. The maximum atomic E-state index is 12.7. The van der Waals surface area contributed by atoms with Crippen LogP contribution in [0.2, 0.25) is 0 Å². The van der Waals surface area contributed by atoms with Crippen molar-refractivity contribution in [2.75, 3.05) is 6.54 Å². The maximum Gasteiger partial charge on any atom is 0.250 e. The molecule has 2 atom stereocenters. The number of nitrogens with zero attached hydrogens (tertiary/aromatic N) is 1. The summed E-state index contributed by atoms with van der Waals surface area (Å²) in [5, 5.41) is 11.5. The molecule has 6 heteroatoms. The summed E-state index contributed by atoms with van der Waals surface area (Å²) in [5.74, 6) is 0.0126. The topological polar surface area (TPSA) is 76.3 Å². The number of aromatic amines is 1. The molecule has 0 aliphatic rings. The number of pyridine rings is 1. The summed E-state index contributed by atoms with van der Waals surface area (Å²) in [7, 11) is 0. The zero-order valence-electron chi connectivity index (χ0n) is 18.3. The molecule has 0 fully saturated rings. The van der Waals surface area contributed by atoms with Crippen molar-refractivity contribution in [1.82, 2.24) is 5.32 Å². The van der Waals surface area contributed by atoms with E-state index in [1.54, 1.807) is 0 Å². The van der Waals surface area contributed by atoms with Gasteiger partial charge in [-0.1, -0.05) is 68.4 Å². The molecule has 3 aromatic rings. The van der Waals surface area contributed by atoms with E-state index in [0.29, 0.717) is 6.42 Å². The van der Waals surface area contributed by atoms with Crippen LogP contribution in [0.25, 0.3) is 11.1 Å². The number of amides is 1. The zero-order chi connectivity index (χ0) is 22.1. The highest BCUT2D eigenvalue weighted by Crippen LogP contribution is 2.30. The van der Waals surface area contributed by atoms with Crippen molar-refractivity contribution in [2.24, 2.45) is 5.92 Å². The number of rotatable bonds is 9. The van der Waals surface area contributed by atoms with Crippen LogP contribution in [0.4, 0.5) is 0 Å². The first kappa shape index (κ1) is 25.5. The zero-order valence-corrected chi connectivity index (χ0v) is 20.5. The van der Waals surface area contributed by atoms with Crippen LogP contribution in [0.1, 0.15) is 37.5 Å². The first-order chi connectivity index (χ1) is 15.1. The number of aromatic nitrogens is 1. The van der Waals surface area contributed by atoms with Crippen LogP contribution in [0.3, 0.4) is 0 Å². The third kappa shape index (κ3) is 7.14. The van der Waals surface area contributed by atoms with Crippen LogP contribution < -0.4 is 34.3 Å². The first-order valence-electron chi connectivity index (χ1n) is 10.5. The molecule has 0 unspecified atom stereocenters. The molecule has 0 aliphatic carbocycles. The Bertz CT molecular complexity index is 1000. The van der Waals surface area contributed by atoms with Crippen molar-refractivity contribution in [3.05, 3.63) is 90.3 Å². The van der Waals surface area contributed by atoms with Gasteiger partial charge in [0.05, 0.1) is 6.07 Å². The Morgan fingerprint density at radius 3 is 2.28 bits per heavy atom. The molecule has 0 aliphatic heterocycles. The second-order valence-corrected chi connectivity index (χ2v) is 7.84. The molecule has 0 spiro atoms. The van der Waals surface area contributed by atoms with Gasteiger partial charge in [0.25, 0.3) is 0 Å². The molecule has 1 amide bonds. The normalized spacial score (nSPS) is 12.3.